The zero-order valence-electron chi connectivity index (χ0n) is 14.9. The second kappa shape index (κ2) is 7.99. The van der Waals surface area contributed by atoms with E-state index >= 15 is 0 Å². The Morgan fingerprint density at radius 1 is 1.12 bits per heavy atom. The number of ether oxygens (including phenoxy) is 2. The number of hydrogen-bond acceptors (Lipinski definition) is 5. The molecule has 138 valence electrons. The second-order valence-electron chi connectivity index (χ2n) is 6.02. The predicted octanol–water partition coefficient (Wildman–Crippen LogP) is 2.78. The van der Waals surface area contributed by atoms with Gasteiger partial charge in [0.05, 0.1) is 25.2 Å². The van der Waals surface area contributed by atoms with Crippen molar-refractivity contribution in [2.24, 2.45) is 4.99 Å². The average Bonchev–Trinajstić information content (AvgIpc) is 2.68. The molecule has 6 nitrogen and oxygen atoms in total. The third kappa shape index (κ3) is 4.12. The van der Waals surface area contributed by atoms with Crippen LogP contribution in [0.15, 0.2) is 52.4 Å². The number of morpholine rings is 1. The Bertz CT molecular complexity index is 886. The topological polar surface area (TPSA) is 68.2 Å². The summed E-state index contributed by atoms with van der Waals surface area (Å²) in [6.45, 7) is 3.57. The molecule has 1 aliphatic rings. The summed E-state index contributed by atoms with van der Waals surface area (Å²) in [6, 6.07) is 12.7. The van der Waals surface area contributed by atoms with Gasteiger partial charge in [-0.15, -0.1) is 0 Å². The molecule has 0 unspecified atom stereocenters. The largest absolute Gasteiger partial charge is 0.494 e. The highest BCUT2D eigenvalue weighted by Crippen LogP contribution is 2.31. The molecule has 7 heteroatoms. The van der Waals surface area contributed by atoms with E-state index in [9.17, 15) is 8.42 Å². The maximum absolute atomic E-state index is 12.8. The van der Waals surface area contributed by atoms with Crippen molar-refractivity contribution >= 4 is 21.9 Å². The van der Waals surface area contributed by atoms with Gasteiger partial charge in [0.15, 0.2) is 0 Å². The Labute approximate surface area is 154 Å². The van der Waals surface area contributed by atoms with Crippen molar-refractivity contribution in [3.8, 4) is 5.75 Å². The van der Waals surface area contributed by atoms with Gasteiger partial charge in [-0.3, -0.25) is 4.99 Å². The van der Waals surface area contributed by atoms with Crippen LogP contribution in [-0.2, 0) is 14.8 Å². The van der Waals surface area contributed by atoms with Gasteiger partial charge in [-0.05, 0) is 24.6 Å². The maximum atomic E-state index is 12.8. The molecule has 0 aliphatic carbocycles. The Morgan fingerprint density at radius 2 is 1.81 bits per heavy atom. The Balaban J connectivity index is 1.86. The molecule has 0 N–H and O–H groups in total. The van der Waals surface area contributed by atoms with E-state index in [-0.39, 0.29) is 4.90 Å². The van der Waals surface area contributed by atoms with Gasteiger partial charge in [-0.2, -0.15) is 4.31 Å². The second-order valence-corrected chi connectivity index (χ2v) is 7.96. The molecule has 1 saturated heterocycles. The van der Waals surface area contributed by atoms with Crippen LogP contribution in [0.3, 0.4) is 0 Å². The predicted molar refractivity (Wildman–Crippen MR) is 101 cm³/mol. The van der Waals surface area contributed by atoms with E-state index in [1.807, 2.05) is 31.2 Å². The number of sulfonamides is 1. The zero-order chi connectivity index (χ0) is 18.6. The van der Waals surface area contributed by atoms with Crippen molar-refractivity contribution in [2.75, 3.05) is 33.4 Å². The highest BCUT2D eigenvalue weighted by Gasteiger charge is 2.27. The summed E-state index contributed by atoms with van der Waals surface area (Å²) >= 11 is 0. The summed E-state index contributed by atoms with van der Waals surface area (Å²) < 4.78 is 37.5. The Hall–Kier alpha value is -2.22. The SMILES string of the molecule is COc1cc(S(=O)(=O)N2CCOCC2)ccc1N=Cc1ccc(C)cc1. The third-order valence-corrected chi connectivity index (χ3v) is 6.08. The van der Waals surface area contributed by atoms with Crippen molar-refractivity contribution < 1.29 is 17.9 Å². The lowest BCUT2D eigenvalue weighted by molar-refractivity contribution is 0.0730. The van der Waals surface area contributed by atoms with Crippen LogP contribution in [0.5, 0.6) is 5.75 Å². The first-order chi connectivity index (χ1) is 12.5. The molecule has 0 aromatic heterocycles. The molecule has 1 aliphatic heterocycles. The van der Waals surface area contributed by atoms with Gasteiger partial charge in [0.2, 0.25) is 10.0 Å². The molecule has 0 atom stereocenters. The quantitative estimate of drug-likeness (QED) is 0.755. The van der Waals surface area contributed by atoms with Crippen LogP contribution in [0.4, 0.5) is 5.69 Å². The van der Waals surface area contributed by atoms with E-state index in [0.29, 0.717) is 37.7 Å². The molecule has 26 heavy (non-hydrogen) atoms. The summed E-state index contributed by atoms with van der Waals surface area (Å²) in [6.07, 6.45) is 1.73. The van der Waals surface area contributed by atoms with Crippen LogP contribution in [0, 0.1) is 6.92 Å². The number of aliphatic imine (C=N–C) groups is 1. The molecule has 0 amide bonds. The van der Waals surface area contributed by atoms with Crippen LogP contribution < -0.4 is 4.74 Å². The molecule has 1 heterocycles. The molecule has 0 radical (unpaired) electrons. The minimum absolute atomic E-state index is 0.200. The van der Waals surface area contributed by atoms with Gasteiger partial charge in [0.25, 0.3) is 0 Å². The molecular formula is C19H22N2O4S. The molecule has 0 spiro atoms. The van der Waals surface area contributed by atoms with Crippen molar-refractivity contribution in [1.29, 1.82) is 0 Å². The summed E-state index contributed by atoms with van der Waals surface area (Å²) in [4.78, 5) is 4.63. The minimum atomic E-state index is -3.56. The number of aryl methyl sites for hydroxylation is 1. The summed E-state index contributed by atoms with van der Waals surface area (Å²) in [5, 5.41) is 0. The third-order valence-electron chi connectivity index (χ3n) is 4.19. The fourth-order valence-corrected chi connectivity index (χ4v) is 4.08. The van der Waals surface area contributed by atoms with E-state index in [4.69, 9.17) is 9.47 Å². The molecule has 2 aromatic carbocycles. The van der Waals surface area contributed by atoms with E-state index in [1.54, 1.807) is 18.3 Å². The molecule has 2 aromatic rings. The summed E-state index contributed by atoms with van der Waals surface area (Å²) in [5.41, 5.74) is 2.72. The normalized spacial score (nSPS) is 16.1. The van der Waals surface area contributed by atoms with Gasteiger partial charge in [-0.25, -0.2) is 8.42 Å². The van der Waals surface area contributed by atoms with Crippen LogP contribution in [0.2, 0.25) is 0 Å². The van der Waals surface area contributed by atoms with Gasteiger partial charge in [0, 0.05) is 25.4 Å². The number of hydrogen-bond donors (Lipinski definition) is 0. The highest BCUT2D eigenvalue weighted by atomic mass is 32.2. The first-order valence-corrected chi connectivity index (χ1v) is 9.81. The fraction of sp³-hybridized carbons (Fsp3) is 0.316. The van der Waals surface area contributed by atoms with Crippen LogP contribution in [-0.4, -0.2) is 52.4 Å². The monoisotopic (exact) mass is 374 g/mol. The number of nitrogens with zero attached hydrogens (tertiary/aromatic N) is 2. The highest BCUT2D eigenvalue weighted by molar-refractivity contribution is 7.89. The van der Waals surface area contributed by atoms with Crippen molar-refractivity contribution in [3.05, 3.63) is 53.6 Å². The average molecular weight is 374 g/mol. The summed E-state index contributed by atoms with van der Waals surface area (Å²) in [7, 11) is -2.06. The lowest BCUT2D eigenvalue weighted by atomic mass is 10.2. The van der Waals surface area contributed by atoms with Crippen molar-refractivity contribution in [1.82, 2.24) is 4.31 Å². The first-order valence-electron chi connectivity index (χ1n) is 8.37. The molecule has 0 bridgehead atoms. The molecular weight excluding hydrogens is 352 g/mol. The Kier molecular flexibility index (Phi) is 5.70. The Morgan fingerprint density at radius 3 is 2.46 bits per heavy atom. The minimum Gasteiger partial charge on any atom is -0.494 e. The van der Waals surface area contributed by atoms with E-state index < -0.39 is 10.0 Å². The number of methoxy groups -OCH3 is 1. The van der Waals surface area contributed by atoms with Gasteiger partial charge < -0.3 is 9.47 Å². The van der Waals surface area contributed by atoms with Crippen LogP contribution in [0.1, 0.15) is 11.1 Å². The summed E-state index contributed by atoms with van der Waals surface area (Å²) in [5.74, 6) is 0.419. The zero-order valence-corrected chi connectivity index (χ0v) is 15.7. The lowest BCUT2D eigenvalue weighted by Gasteiger charge is -2.26. The van der Waals surface area contributed by atoms with Crippen LogP contribution in [0.25, 0.3) is 0 Å². The maximum Gasteiger partial charge on any atom is 0.243 e. The smallest absolute Gasteiger partial charge is 0.243 e. The van der Waals surface area contributed by atoms with Gasteiger partial charge in [0.1, 0.15) is 11.4 Å². The van der Waals surface area contributed by atoms with Gasteiger partial charge >= 0.3 is 0 Å². The van der Waals surface area contributed by atoms with Crippen LogP contribution >= 0.6 is 0 Å². The molecule has 3 rings (SSSR count). The molecule has 0 saturated carbocycles. The van der Waals surface area contributed by atoms with E-state index in [0.717, 1.165) is 5.56 Å². The first kappa shape index (κ1) is 18.6. The fourth-order valence-electron chi connectivity index (χ4n) is 2.66. The number of benzene rings is 2. The van der Waals surface area contributed by atoms with Crippen molar-refractivity contribution in [2.45, 2.75) is 11.8 Å². The van der Waals surface area contributed by atoms with E-state index in [2.05, 4.69) is 4.99 Å². The standard InChI is InChI=1S/C19H22N2O4S/c1-15-3-5-16(6-4-15)14-20-18-8-7-17(13-19(18)24-2)26(22,23)21-9-11-25-12-10-21/h3-8,13-14H,9-12H2,1-2H3. The van der Waals surface area contributed by atoms with E-state index in [1.165, 1.54) is 23.0 Å². The number of rotatable bonds is 5. The van der Waals surface area contributed by atoms with Crippen molar-refractivity contribution in [3.63, 3.8) is 0 Å². The molecule has 1 fully saturated rings. The van der Waals surface area contributed by atoms with Gasteiger partial charge in [-0.1, -0.05) is 29.8 Å². The lowest BCUT2D eigenvalue weighted by Crippen LogP contribution is -2.40.